The molecule has 0 bridgehead atoms. The molecule has 1 saturated carbocycles. The lowest BCUT2D eigenvalue weighted by molar-refractivity contribution is 0.0679. The van der Waals surface area contributed by atoms with Gasteiger partial charge in [-0.2, -0.15) is 0 Å². The van der Waals surface area contributed by atoms with E-state index in [2.05, 4.69) is 27.7 Å². The highest BCUT2D eigenvalue weighted by molar-refractivity contribution is 5.94. The number of amides is 1. The number of carbonyl (C=O) groups is 1. The Balaban J connectivity index is 1.58. The molecule has 1 aliphatic carbocycles. The third-order valence-corrected chi connectivity index (χ3v) is 4.91. The van der Waals surface area contributed by atoms with E-state index in [0.717, 1.165) is 17.8 Å². The first kappa shape index (κ1) is 16.4. The van der Waals surface area contributed by atoms with Crippen LogP contribution in [0.25, 0.3) is 5.69 Å². The predicted octanol–water partition coefficient (Wildman–Crippen LogP) is 3.10. The monoisotopic (exact) mass is 347 g/mol. The smallest absolute Gasteiger partial charge is 0.254 e. The summed E-state index contributed by atoms with van der Waals surface area (Å²) in [6, 6.07) is 17.6. The van der Waals surface area contributed by atoms with Gasteiger partial charge < -0.3 is 4.90 Å². The highest BCUT2D eigenvalue weighted by Gasteiger charge is 2.24. The van der Waals surface area contributed by atoms with Crippen LogP contribution in [0.15, 0.2) is 60.9 Å². The zero-order valence-corrected chi connectivity index (χ0v) is 14.5. The minimum absolute atomic E-state index is 0.0516. The number of carbonyl (C=O) groups excluding carboxylic acids is 1. The largest absolute Gasteiger partial charge is 0.334 e. The molecule has 1 aliphatic rings. The maximum absolute atomic E-state index is 13.2. The summed E-state index contributed by atoms with van der Waals surface area (Å²) in [5, 5.41) is 11.2. The van der Waals surface area contributed by atoms with Crippen LogP contribution in [0.2, 0.25) is 0 Å². The second kappa shape index (κ2) is 7.47. The summed E-state index contributed by atoms with van der Waals surface area (Å²) in [4.78, 5) is 15.2. The predicted molar refractivity (Wildman–Crippen MR) is 97.7 cm³/mol. The van der Waals surface area contributed by atoms with Crippen LogP contribution in [-0.2, 0) is 6.54 Å². The first-order valence-corrected chi connectivity index (χ1v) is 8.96. The van der Waals surface area contributed by atoms with E-state index in [1.165, 1.54) is 25.6 Å². The van der Waals surface area contributed by atoms with Gasteiger partial charge in [0.2, 0.25) is 0 Å². The van der Waals surface area contributed by atoms with Gasteiger partial charge >= 0.3 is 0 Å². The fraction of sp³-hybridized carbons (Fsp3) is 0.300. The number of benzene rings is 2. The standard InChI is InChI=1S/C20H21N5O/c26-20(18-10-5-11-19(12-18)25-15-21-22-23-25)24(14-17-8-4-9-17)13-16-6-2-1-3-7-16/h1-3,5-7,10-12,15,17H,4,8-9,13-14H2. The van der Waals surface area contributed by atoms with E-state index in [-0.39, 0.29) is 5.91 Å². The third-order valence-electron chi connectivity index (χ3n) is 4.91. The quantitative estimate of drug-likeness (QED) is 0.687. The second-order valence-electron chi connectivity index (χ2n) is 6.77. The van der Waals surface area contributed by atoms with Crippen molar-refractivity contribution in [3.63, 3.8) is 0 Å². The molecule has 1 aromatic heterocycles. The van der Waals surface area contributed by atoms with Gasteiger partial charge in [-0.3, -0.25) is 4.79 Å². The van der Waals surface area contributed by atoms with Crippen LogP contribution in [0.5, 0.6) is 0 Å². The second-order valence-corrected chi connectivity index (χ2v) is 6.77. The van der Waals surface area contributed by atoms with E-state index in [4.69, 9.17) is 0 Å². The molecule has 0 N–H and O–H groups in total. The maximum Gasteiger partial charge on any atom is 0.254 e. The number of aromatic nitrogens is 4. The molecule has 3 aromatic rings. The molecule has 26 heavy (non-hydrogen) atoms. The molecule has 6 nitrogen and oxygen atoms in total. The Bertz CT molecular complexity index is 859. The van der Waals surface area contributed by atoms with Crippen LogP contribution in [0.3, 0.4) is 0 Å². The molecule has 0 spiro atoms. The van der Waals surface area contributed by atoms with Crippen molar-refractivity contribution in [1.29, 1.82) is 0 Å². The van der Waals surface area contributed by atoms with Crippen molar-refractivity contribution in [1.82, 2.24) is 25.1 Å². The van der Waals surface area contributed by atoms with Gasteiger partial charge in [0.25, 0.3) is 5.91 Å². The summed E-state index contributed by atoms with van der Waals surface area (Å²) >= 11 is 0. The summed E-state index contributed by atoms with van der Waals surface area (Å²) in [5.74, 6) is 0.668. The lowest BCUT2D eigenvalue weighted by Crippen LogP contribution is -2.37. The van der Waals surface area contributed by atoms with Crippen molar-refractivity contribution in [2.24, 2.45) is 5.92 Å². The van der Waals surface area contributed by atoms with Gasteiger partial charge in [-0.25, -0.2) is 4.68 Å². The van der Waals surface area contributed by atoms with Crippen molar-refractivity contribution < 1.29 is 4.79 Å². The molecule has 1 fully saturated rings. The van der Waals surface area contributed by atoms with Crippen LogP contribution in [0.1, 0.15) is 35.2 Å². The molecule has 0 aliphatic heterocycles. The molecule has 0 unspecified atom stereocenters. The van der Waals surface area contributed by atoms with Gasteiger partial charge in [0, 0.05) is 18.7 Å². The summed E-state index contributed by atoms with van der Waals surface area (Å²) < 4.78 is 1.56. The molecule has 1 amide bonds. The van der Waals surface area contributed by atoms with Crippen LogP contribution in [-0.4, -0.2) is 37.6 Å². The SMILES string of the molecule is O=C(c1cccc(-n2cnnn2)c1)N(Cc1ccccc1)CC1CCC1. The number of rotatable bonds is 6. The molecule has 4 rings (SSSR count). The van der Waals surface area contributed by atoms with E-state index in [0.29, 0.717) is 18.0 Å². The lowest BCUT2D eigenvalue weighted by atomic mass is 9.85. The Labute approximate surface area is 152 Å². The Morgan fingerprint density at radius 2 is 1.96 bits per heavy atom. The van der Waals surface area contributed by atoms with E-state index in [9.17, 15) is 4.79 Å². The molecule has 0 atom stereocenters. The number of nitrogens with zero attached hydrogens (tertiary/aromatic N) is 5. The minimum atomic E-state index is 0.0516. The van der Waals surface area contributed by atoms with Crippen molar-refractivity contribution in [3.8, 4) is 5.69 Å². The Hall–Kier alpha value is -3.02. The van der Waals surface area contributed by atoms with Crippen LogP contribution >= 0.6 is 0 Å². The van der Waals surface area contributed by atoms with Crippen LogP contribution in [0, 0.1) is 5.92 Å². The van der Waals surface area contributed by atoms with Gasteiger partial charge in [0.15, 0.2) is 0 Å². The van der Waals surface area contributed by atoms with Gasteiger partial charge in [-0.05, 0) is 52.9 Å². The Kier molecular flexibility index (Phi) is 4.73. The van der Waals surface area contributed by atoms with Gasteiger partial charge in [0.05, 0.1) is 5.69 Å². The molecule has 132 valence electrons. The lowest BCUT2D eigenvalue weighted by Gasteiger charge is -2.32. The molecule has 6 heteroatoms. The van der Waals surface area contributed by atoms with Gasteiger partial charge in [-0.15, -0.1) is 5.10 Å². The van der Waals surface area contributed by atoms with Crippen molar-refractivity contribution >= 4 is 5.91 Å². The third kappa shape index (κ3) is 3.64. The Morgan fingerprint density at radius 3 is 2.65 bits per heavy atom. The maximum atomic E-state index is 13.2. The molecule has 2 aromatic carbocycles. The zero-order chi connectivity index (χ0) is 17.8. The van der Waals surface area contributed by atoms with Crippen LogP contribution in [0.4, 0.5) is 0 Å². The van der Waals surface area contributed by atoms with E-state index < -0.39 is 0 Å². The normalized spacial score (nSPS) is 14.0. The van der Waals surface area contributed by atoms with Crippen molar-refractivity contribution in [3.05, 3.63) is 72.1 Å². The molecular weight excluding hydrogens is 326 g/mol. The average molecular weight is 347 g/mol. The van der Waals surface area contributed by atoms with Gasteiger partial charge in [-0.1, -0.05) is 42.8 Å². The summed E-state index contributed by atoms with van der Waals surface area (Å²) in [5.41, 5.74) is 2.59. The fourth-order valence-corrected chi connectivity index (χ4v) is 3.25. The first-order valence-electron chi connectivity index (χ1n) is 8.96. The van der Waals surface area contributed by atoms with Crippen molar-refractivity contribution in [2.45, 2.75) is 25.8 Å². The van der Waals surface area contributed by atoms with Crippen molar-refractivity contribution in [2.75, 3.05) is 6.54 Å². The topological polar surface area (TPSA) is 63.9 Å². The number of tetrazole rings is 1. The molecule has 1 heterocycles. The van der Waals surface area contributed by atoms with E-state index in [1.54, 1.807) is 4.68 Å². The first-order chi connectivity index (χ1) is 12.8. The average Bonchev–Trinajstić information content (AvgIpc) is 3.19. The van der Waals surface area contributed by atoms with E-state index >= 15 is 0 Å². The zero-order valence-electron chi connectivity index (χ0n) is 14.5. The minimum Gasteiger partial charge on any atom is -0.334 e. The summed E-state index contributed by atoms with van der Waals surface area (Å²) in [6.45, 7) is 1.44. The number of hydrogen-bond donors (Lipinski definition) is 0. The fourth-order valence-electron chi connectivity index (χ4n) is 3.25. The molecule has 0 saturated heterocycles. The van der Waals surface area contributed by atoms with E-state index in [1.807, 2.05) is 47.4 Å². The summed E-state index contributed by atoms with van der Waals surface area (Å²) in [6.07, 6.45) is 5.22. The highest BCUT2D eigenvalue weighted by Crippen LogP contribution is 2.28. The van der Waals surface area contributed by atoms with Crippen LogP contribution < -0.4 is 0 Å². The summed E-state index contributed by atoms with van der Waals surface area (Å²) in [7, 11) is 0. The number of hydrogen-bond acceptors (Lipinski definition) is 4. The molecule has 0 radical (unpaired) electrons. The Morgan fingerprint density at radius 1 is 1.12 bits per heavy atom. The highest BCUT2D eigenvalue weighted by atomic mass is 16.2. The van der Waals surface area contributed by atoms with Gasteiger partial charge in [0.1, 0.15) is 6.33 Å². The molecular formula is C20H21N5O.